The van der Waals surface area contributed by atoms with Crippen LogP contribution >= 0.6 is 0 Å². The van der Waals surface area contributed by atoms with Crippen molar-refractivity contribution in [3.05, 3.63) is 23.4 Å². The number of hydrogen-bond acceptors (Lipinski definition) is 5. The van der Waals surface area contributed by atoms with E-state index in [-0.39, 0.29) is 41.5 Å². The van der Waals surface area contributed by atoms with Gasteiger partial charge in [-0.25, -0.2) is 4.98 Å². The number of aromatic nitrogens is 1. The fraction of sp³-hybridized carbons (Fsp3) is 0.741. The quantitative estimate of drug-likeness (QED) is 0.463. The summed E-state index contributed by atoms with van der Waals surface area (Å²) in [6.07, 6.45) is -0.628. The Bertz CT molecular complexity index is 895. The minimum atomic E-state index is -4.54. The Morgan fingerprint density at radius 3 is 2.20 bits per heavy atom. The highest BCUT2D eigenvalue weighted by Gasteiger charge is 2.36. The van der Waals surface area contributed by atoms with Gasteiger partial charge in [0.1, 0.15) is 18.1 Å². The van der Waals surface area contributed by atoms with E-state index in [2.05, 4.69) is 37.6 Å². The molecule has 0 radical (unpaired) electrons. The van der Waals surface area contributed by atoms with E-state index in [0.717, 1.165) is 38.4 Å². The van der Waals surface area contributed by atoms with E-state index in [4.69, 9.17) is 14.2 Å². The molecule has 2 fully saturated rings. The Balaban J connectivity index is 1.54. The van der Waals surface area contributed by atoms with Crippen molar-refractivity contribution in [2.45, 2.75) is 97.3 Å². The maximum absolute atomic E-state index is 13.5. The predicted molar refractivity (Wildman–Crippen MR) is 130 cm³/mol. The summed E-state index contributed by atoms with van der Waals surface area (Å²) >= 11 is 0. The van der Waals surface area contributed by atoms with Gasteiger partial charge in [-0.2, -0.15) is 13.2 Å². The lowest BCUT2D eigenvalue weighted by Gasteiger charge is -2.40. The Labute approximate surface area is 207 Å². The Morgan fingerprint density at radius 2 is 1.63 bits per heavy atom. The average Bonchev–Trinajstić information content (AvgIpc) is 2.71. The molecule has 0 bridgehead atoms. The van der Waals surface area contributed by atoms with E-state index >= 15 is 0 Å². The van der Waals surface area contributed by atoms with Gasteiger partial charge in [0.2, 0.25) is 0 Å². The molecule has 0 spiro atoms. The van der Waals surface area contributed by atoms with Crippen molar-refractivity contribution in [1.29, 1.82) is 0 Å². The third kappa shape index (κ3) is 9.29. The largest absolute Gasteiger partial charge is 0.433 e. The number of piperidine rings is 1. The molecule has 1 saturated carbocycles. The molecule has 1 aliphatic carbocycles. The van der Waals surface area contributed by atoms with Gasteiger partial charge in [-0.15, -0.1) is 0 Å². The van der Waals surface area contributed by atoms with E-state index in [1.807, 2.05) is 25.7 Å². The molecule has 1 aromatic rings. The van der Waals surface area contributed by atoms with Crippen molar-refractivity contribution in [2.75, 3.05) is 31.2 Å². The normalized spacial score (nSPS) is 21.9. The standard InChI is InChI=1S/C27H39F3N2O3/c1-25(2,3)18-33-21-16-22(17-21)35-20-9-11-32(12-10-20)24-15-19(8-7-13-34-26(4,5)6)14-23(31-24)27(28,29)30/h14-15,20-22H,9-13,16-18H2,1-6H3. The lowest BCUT2D eigenvalue weighted by molar-refractivity contribution is -0.141. The smallest absolute Gasteiger partial charge is 0.377 e. The number of pyridine rings is 1. The second-order valence-corrected chi connectivity index (χ2v) is 11.7. The maximum Gasteiger partial charge on any atom is 0.433 e. The second-order valence-electron chi connectivity index (χ2n) is 11.7. The molecule has 3 rings (SSSR count). The maximum atomic E-state index is 13.5. The van der Waals surface area contributed by atoms with Crippen LogP contribution in [0.4, 0.5) is 19.0 Å². The molecule has 35 heavy (non-hydrogen) atoms. The molecule has 2 aliphatic rings. The number of alkyl halides is 3. The zero-order valence-corrected chi connectivity index (χ0v) is 21.8. The van der Waals surface area contributed by atoms with Crippen molar-refractivity contribution in [3.8, 4) is 11.8 Å². The average molecular weight is 497 g/mol. The van der Waals surface area contributed by atoms with Crippen molar-refractivity contribution in [2.24, 2.45) is 5.41 Å². The number of hydrogen-bond donors (Lipinski definition) is 0. The summed E-state index contributed by atoms with van der Waals surface area (Å²) < 4.78 is 58.1. The number of anilines is 1. The van der Waals surface area contributed by atoms with Crippen molar-refractivity contribution >= 4 is 5.82 Å². The summed E-state index contributed by atoms with van der Waals surface area (Å²) in [5.41, 5.74) is -0.845. The van der Waals surface area contributed by atoms with Crippen molar-refractivity contribution < 1.29 is 27.4 Å². The van der Waals surface area contributed by atoms with Crippen LogP contribution in [0.3, 0.4) is 0 Å². The van der Waals surface area contributed by atoms with Crippen LogP contribution in [0, 0.1) is 17.3 Å². The summed E-state index contributed by atoms with van der Waals surface area (Å²) in [6, 6.07) is 2.63. The van der Waals surface area contributed by atoms with Crippen LogP contribution in [0.15, 0.2) is 12.1 Å². The highest BCUT2D eigenvalue weighted by Crippen LogP contribution is 2.33. The molecule has 0 atom stereocenters. The molecule has 0 amide bonds. The zero-order chi connectivity index (χ0) is 25.9. The molecule has 0 N–H and O–H groups in total. The van der Waals surface area contributed by atoms with E-state index in [9.17, 15) is 13.2 Å². The third-order valence-electron chi connectivity index (χ3n) is 5.87. The van der Waals surface area contributed by atoms with Gasteiger partial charge in [0.25, 0.3) is 0 Å². The Kier molecular flexibility index (Phi) is 8.77. The molecule has 8 heteroatoms. The lowest BCUT2D eigenvalue weighted by Crippen LogP contribution is -2.44. The van der Waals surface area contributed by atoms with E-state index in [0.29, 0.717) is 18.9 Å². The summed E-state index contributed by atoms with van der Waals surface area (Å²) in [5.74, 6) is 5.92. The molecule has 1 saturated heterocycles. The van der Waals surface area contributed by atoms with Crippen LogP contribution in [0.5, 0.6) is 0 Å². The number of rotatable bonds is 6. The summed E-state index contributed by atoms with van der Waals surface area (Å²) in [5, 5.41) is 0. The van der Waals surface area contributed by atoms with Crippen LogP contribution < -0.4 is 4.90 Å². The van der Waals surface area contributed by atoms with Gasteiger partial charge in [0.05, 0.1) is 30.5 Å². The number of nitrogens with zero attached hydrogens (tertiary/aromatic N) is 2. The second kappa shape index (κ2) is 11.1. The third-order valence-corrected chi connectivity index (χ3v) is 5.87. The van der Waals surface area contributed by atoms with E-state index in [1.54, 1.807) is 6.07 Å². The van der Waals surface area contributed by atoms with E-state index < -0.39 is 11.9 Å². The molecule has 196 valence electrons. The zero-order valence-electron chi connectivity index (χ0n) is 21.8. The van der Waals surface area contributed by atoms with Gasteiger partial charge in [-0.05, 0) is 64.0 Å². The summed E-state index contributed by atoms with van der Waals surface area (Å²) in [4.78, 5) is 5.79. The molecule has 0 aromatic carbocycles. The van der Waals surface area contributed by atoms with Crippen molar-refractivity contribution in [1.82, 2.24) is 4.98 Å². The van der Waals surface area contributed by atoms with Gasteiger partial charge < -0.3 is 19.1 Å². The predicted octanol–water partition coefficient (Wildman–Crippen LogP) is 5.85. The lowest BCUT2D eigenvalue weighted by atomic mass is 9.90. The van der Waals surface area contributed by atoms with Crippen LogP contribution in [0.2, 0.25) is 0 Å². The number of ether oxygens (including phenoxy) is 3. The molecular weight excluding hydrogens is 457 g/mol. The number of halogens is 3. The molecule has 2 heterocycles. The first kappa shape index (κ1) is 27.8. The van der Waals surface area contributed by atoms with Gasteiger partial charge >= 0.3 is 6.18 Å². The Hall–Kier alpha value is -1.82. The summed E-state index contributed by atoms with van der Waals surface area (Å²) in [6.45, 7) is 14.2. The minimum Gasteiger partial charge on any atom is -0.377 e. The SMILES string of the molecule is CC(C)(C)COC1CC(OC2CCN(c3cc(C#CCOC(C)(C)C)cc(C(F)(F)F)n3)CC2)C1. The molecule has 1 aromatic heterocycles. The monoisotopic (exact) mass is 496 g/mol. The first-order chi connectivity index (χ1) is 16.2. The molecular formula is C27H39F3N2O3. The minimum absolute atomic E-state index is 0.111. The molecule has 0 unspecified atom stereocenters. The van der Waals surface area contributed by atoms with Crippen LogP contribution in [0.25, 0.3) is 0 Å². The van der Waals surface area contributed by atoms with Crippen LogP contribution in [-0.2, 0) is 20.4 Å². The summed E-state index contributed by atoms with van der Waals surface area (Å²) in [7, 11) is 0. The highest BCUT2D eigenvalue weighted by atomic mass is 19.4. The highest BCUT2D eigenvalue weighted by molar-refractivity contribution is 5.49. The first-order valence-corrected chi connectivity index (χ1v) is 12.4. The fourth-order valence-electron chi connectivity index (χ4n) is 3.91. The van der Waals surface area contributed by atoms with Crippen LogP contribution in [0.1, 0.15) is 78.5 Å². The van der Waals surface area contributed by atoms with Gasteiger partial charge in [-0.3, -0.25) is 0 Å². The topological polar surface area (TPSA) is 43.8 Å². The van der Waals surface area contributed by atoms with E-state index in [1.165, 1.54) is 0 Å². The van der Waals surface area contributed by atoms with Crippen LogP contribution in [-0.4, -0.2) is 55.2 Å². The van der Waals surface area contributed by atoms with Gasteiger partial charge in [-0.1, -0.05) is 32.6 Å². The molecule has 5 nitrogen and oxygen atoms in total. The Morgan fingerprint density at radius 1 is 0.971 bits per heavy atom. The first-order valence-electron chi connectivity index (χ1n) is 12.4. The van der Waals surface area contributed by atoms with Gasteiger partial charge in [0, 0.05) is 18.7 Å². The fourth-order valence-corrected chi connectivity index (χ4v) is 3.91. The van der Waals surface area contributed by atoms with Crippen molar-refractivity contribution in [3.63, 3.8) is 0 Å². The van der Waals surface area contributed by atoms with Gasteiger partial charge in [0.15, 0.2) is 0 Å². The molecule has 1 aliphatic heterocycles.